The molecule has 0 N–H and O–H groups in total. The maximum atomic E-state index is 4.70. The summed E-state index contributed by atoms with van der Waals surface area (Å²) in [6.45, 7) is 14.5. The zero-order valence-corrected chi connectivity index (χ0v) is 19.2. The van der Waals surface area contributed by atoms with Gasteiger partial charge in [-0.2, -0.15) is 5.10 Å². The first kappa shape index (κ1) is 22.1. The monoisotopic (exact) mass is 350 g/mol. The molecule has 0 spiro atoms. The molecule has 4 heteroatoms. The number of allylic oxidation sites excluding steroid dienone is 1. The van der Waals surface area contributed by atoms with Crippen molar-refractivity contribution >= 4 is 24.8 Å². The molecule has 0 aliphatic heterocycles. The molecule has 1 aromatic rings. The summed E-state index contributed by atoms with van der Waals surface area (Å²) < 4.78 is 2.05. The Balaban J connectivity index is 0. The maximum Gasteiger partial charge on any atom is 1.00 e. The number of thiol groups is 1. The van der Waals surface area contributed by atoms with Crippen LogP contribution in [-0.2, 0) is 0 Å². The summed E-state index contributed by atoms with van der Waals surface area (Å²) in [5, 5.41) is 4.70. The van der Waals surface area contributed by atoms with Crippen LogP contribution in [0.2, 0.25) is 0 Å². The summed E-state index contributed by atoms with van der Waals surface area (Å²) in [6, 6.07) is 0.333. The van der Waals surface area contributed by atoms with Crippen LogP contribution in [0.15, 0.2) is 11.5 Å². The topological polar surface area (TPSA) is 17.8 Å². The zero-order chi connectivity index (χ0) is 13.2. The molecule has 0 aliphatic carbocycles. The number of hydrogen-bond acceptors (Lipinski definition) is 2. The van der Waals surface area contributed by atoms with Crippen molar-refractivity contribution in [3.8, 4) is 0 Å². The molecule has 1 aromatic heterocycles. The van der Waals surface area contributed by atoms with Gasteiger partial charge in [-0.25, -0.2) is 0 Å². The molecule has 0 aromatic carbocycles. The molecule has 19 heavy (non-hydrogen) atoms. The van der Waals surface area contributed by atoms with Gasteiger partial charge in [0, 0.05) is 11.6 Å². The third kappa shape index (κ3) is 5.62. The van der Waals surface area contributed by atoms with Gasteiger partial charge in [-0.1, -0.05) is 26.5 Å². The SMILES string of the molecule is C=Cc1c(C(C)C)nn(C(C)C)c1/C=C(\C)S.[CH3-].[Rb+]. The van der Waals surface area contributed by atoms with E-state index in [1.54, 1.807) is 0 Å². The fourth-order valence-corrected chi connectivity index (χ4v) is 1.97. The molecule has 2 nitrogen and oxygen atoms in total. The second-order valence-electron chi connectivity index (χ2n) is 4.87. The fourth-order valence-electron chi connectivity index (χ4n) is 1.85. The normalized spacial score (nSPS) is 11.3. The molecule has 0 aliphatic rings. The van der Waals surface area contributed by atoms with Gasteiger partial charge in [0.1, 0.15) is 0 Å². The van der Waals surface area contributed by atoms with Crippen LogP contribution in [0.4, 0.5) is 0 Å². The van der Waals surface area contributed by atoms with E-state index in [1.165, 1.54) is 0 Å². The van der Waals surface area contributed by atoms with Gasteiger partial charge >= 0.3 is 58.2 Å². The summed E-state index contributed by atoms with van der Waals surface area (Å²) in [5.74, 6) is 0.398. The minimum Gasteiger partial charge on any atom is -0.358 e. The first-order chi connectivity index (χ1) is 7.88. The minimum atomic E-state index is 0. The molecule has 0 radical (unpaired) electrons. The molecular weight excluding hydrogens is 326 g/mol. The van der Waals surface area contributed by atoms with Crippen molar-refractivity contribution in [2.45, 2.75) is 46.6 Å². The minimum absolute atomic E-state index is 0. The van der Waals surface area contributed by atoms with Crippen molar-refractivity contribution in [3.63, 3.8) is 0 Å². The van der Waals surface area contributed by atoms with Gasteiger partial charge in [0.15, 0.2) is 0 Å². The predicted molar refractivity (Wildman–Crippen MR) is 85.8 cm³/mol. The third-order valence-corrected chi connectivity index (χ3v) is 2.73. The standard InChI is InChI=1S/C14H22N2S.CH3.Rb/c1-7-12-13(8-11(6)17)16(10(4)5)15-14(12)9(2)3;;/h7-10,17H,1H2,2-6H3;1H3;/q;-1;+1/b11-8+;;. The summed E-state index contributed by atoms with van der Waals surface area (Å²) in [5.41, 5.74) is 3.34. The van der Waals surface area contributed by atoms with Crippen LogP contribution >= 0.6 is 12.6 Å². The summed E-state index contributed by atoms with van der Waals surface area (Å²) >= 11 is 4.36. The third-order valence-electron chi connectivity index (χ3n) is 2.60. The van der Waals surface area contributed by atoms with Crippen molar-refractivity contribution in [1.82, 2.24) is 9.78 Å². The van der Waals surface area contributed by atoms with Crippen LogP contribution in [-0.4, -0.2) is 9.78 Å². The molecular formula is C15H25N2RbS. The molecule has 1 rings (SSSR count). The molecule has 0 fully saturated rings. The van der Waals surface area contributed by atoms with E-state index in [0.717, 1.165) is 21.9 Å². The van der Waals surface area contributed by atoms with E-state index in [4.69, 9.17) is 5.10 Å². The van der Waals surface area contributed by atoms with Crippen LogP contribution in [0.3, 0.4) is 0 Å². The van der Waals surface area contributed by atoms with Crippen LogP contribution < -0.4 is 58.2 Å². The molecule has 0 bridgehead atoms. The van der Waals surface area contributed by atoms with Crippen LogP contribution in [0.25, 0.3) is 12.2 Å². The van der Waals surface area contributed by atoms with Crippen LogP contribution in [0.5, 0.6) is 0 Å². The van der Waals surface area contributed by atoms with E-state index in [9.17, 15) is 0 Å². The van der Waals surface area contributed by atoms with E-state index < -0.39 is 0 Å². The van der Waals surface area contributed by atoms with Gasteiger partial charge in [-0.3, -0.25) is 4.68 Å². The second-order valence-corrected chi connectivity index (χ2v) is 5.57. The van der Waals surface area contributed by atoms with E-state index in [0.29, 0.717) is 12.0 Å². The van der Waals surface area contributed by atoms with Crippen molar-refractivity contribution in [2.75, 3.05) is 0 Å². The van der Waals surface area contributed by atoms with Gasteiger partial charge in [-0.05, 0) is 37.7 Å². The Morgan fingerprint density at radius 2 is 1.84 bits per heavy atom. The molecule has 0 saturated carbocycles. The molecule has 0 amide bonds. The summed E-state index contributed by atoms with van der Waals surface area (Å²) in [6.07, 6.45) is 3.95. The summed E-state index contributed by atoms with van der Waals surface area (Å²) in [4.78, 5) is 0.977. The predicted octanol–water partition coefficient (Wildman–Crippen LogP) is 1.98. The smallest absolute Gasteiger partial charge is 0.358 e. The zero-order valence-electron chi connectivity index (χ0n) is 13.4. The Hall–Kier alpha value is 0.845. The first-order valence-electron chi connectivity index (χ1n) is 6.00. The Bertz CT molecular complexity index is 441. The first-order valence-corrected chi connectivity index (χ1v) is 6.45. The van der Waals surface area contributed by atoms with Gasteiger partial charge in [-0.15, -0.1) is 12.6 Å². The van der Waals surface area contributed by atoms with Gasteiger partial charge in [0.05, 0.1) is 11.4 Å². The molecule has 0 unspecified atom stereocenters. The maximum absolute atomic E-state index is 4.70. The van der Waals surface area contributed by atoms with Crippen molar-refractivity contribution < 1.29 is 58.2 Å². The van der Waals surface area contributed by atoms with Crippen LogP contribution in [0.1, 0.15) is 63.5 Å². The Morgan fingerprint density at radius 3 is 2.16 bits per heavy atom. The largest absolute Gasteiger partial charge is 1.00 e. The quantitative estimate of drug-likeness (QED) is 0.649. The fraction of sp³-hybridized carbons (Fsp3) is 0.467. The Kier molecular flexibility index (Phi) is 11.3. The van der Waals surface area contributed by atoms with Crippen LogP contribution in [0, 0.1) is 7.43 Å². The van der Waals surface area contributed by atoms with Crippen molar-refractivity contribution in [2.24, 2.45) is 0 Å². The van der Waals surface area contributed by atoms with Crippen molar-refractivity contribution in [1.29, 1.82) is 0 Å². The Morgan fingerprint density at radius 1 is 1.32 bits per heavy atom. The van der Waals surface area contributed by atoms with Gasteiger partial charge in [0.25, 0.3) is 0 Å². The number of aromatic nitrogens is 2. The number of rotatable bonds is 4. The average Bonchev–Trinajstić information content (AvgIpc) is 2.55. The summed E-state index contributed by atoms with van der Waals surface area (Å²) in [7, 11) is 0. The molecule has 1 heterocycles. The Labute approximate surface area is 172 Å². The van der Waals surface area contributed by atoms with E-state index in [-0.39, 0.29) is 65.6 Å². The second kappa shape index (κ2) is 9.72. The molecule has 0 saturated heterocycles. The van der Waals surface area contributed by atoms with E-state index >= 15 is 0 Å². The van der Waals surface area contributed by atoms with Crippen molar-refractivity contribution in [3.05, 3.63) is 35.9 Å². The van der Waals surface area contributed by atoms with E-state index in [1.807, 2.05) is 17.7 Å². The molecule has 0 atom stereocenters. The number of hydrogen-bond donors (Lipinski definition) is 1. The van der Waals surface area contributed by atoms with E-state index in [2.05, 4.69) is 53.0 Å². The average molecular weight is 351 g/mol. The van der Waals surface area contributed by atoms with Gasteiger partial charge < -0.3 is 7.43 Å². The molecule has 102 valence electrons. The van der Waals surface area contributed by atoms with Gasteiger partial charge in [0.2, 0.25) is 0 Å². The number of nitrogens with zero attached hydrogens (tertiary/aromatic N) is 2.